The predicted molar refractivity (Wildman–Crippen MR) is 98.6 cm³/mol. The number of thiophene rings is 1. The monoisotopic (exact) mass is 343 g/mol. The Morgan fingerprint density at radius 3 is 2.79 bits per heavy atom. The van der Waals surface area contributed by atoms with Crippen molar-refractivity contribution in [3.8, 4) is 5.75 Å². The van der Waals surface area contributed by atoms with Gasteiger partial charge in [0.1, 0.15) is 5.75 Å². The Morgan fingerprint density at radius 2 is 2.08 bits per heavy atom. The zero-order valence-electron chi connectivity index (χ0n) is 14.2. The van der Waals surface area contributed by atoms with Gasteiger partial charge >= 0.3 is 0 Å². The Labute approximate surface area is 148 Å². The number of aryl methyl sites for hydroxylation is 2. The molecule has 1 aliphatic rings. The van der Waals surface area contributed by atoms with Gasteiger partial charge in [-0.1, -0.05) is 18.2 Å². The Morgan fingerprint density at radius 1 is 1.25 bits per heavy atom. The van der Waals surface area contributed by atoms with Crippen LogP contribution in [0.3, 0.4) is 0 Å². The molecule has 0 unspecified atom stereocenters. The summed E-state index contributed by atoms with van der Waals surface area (Å²) in [5, 5.41) is 2.07. The molecule has 0 radical (unpaired) electrons. The first kappa shape index (κ1) is 17.0. The van der Waals surface area contributed by atoms with E-state index in [0.717, 1.165) is 44.7 Å². The number of amides is 1. The quantitative estimate of drug-likeness (QED) is 0.782. The molecule has 0 saturated carbocycles. The lowest BCUT2D eigenvalue weighted by Gasteiger charge is -2.32. The van der Waals surface area contributed by atoms with Gasteiger partial charge in [0.25, 0.3) is 0 Å². The largest absolute Gasteiger partial charge is 0.493 e. The van der Waals surface area contributed by atoms with Crippen LogP contribution in [0.1, 0.15) is 29.7 Å². The molecule has 4 heteroatoms. The van der Waals surface area contributed by atoms with Gasteiger partial charge in [0.15, 0.2) is 0 Å². The van der Waals surface area contributed by atoms with Crippen LogP contribution in [0.5, 0.6) is 5.75 Å². The lowest BCUT2D eigenvalue weighted by Crippen LogP contribution is -2.39. The van der Waals surface area contributed by atoms with E-state index < -0.39 is 0 Å². The summed E-state index contributed by atoms with van der Waals surface area (Å²) in [4.78, 5) is 15.6. The lowest BCUT2D eigenvalue weighted by atomic mass is 9.97. The van der Waals surface area contributed by atoms with E-state index in [1.54, 1.807) is 11.3 Å². The topological polar surface area (TPSA) is 29.5 Å². The van der Waals surface area contributed by atoms with E-state index in [0.29, 0.717) is 18.2 Å². The van der Waals surface area contributed by atoms with Gasteiger partial charge in [0, 0.05) is 24.4 Å². The molecule has 1 amide bonds. The van der Waals surface area contributed by atoms with Gasteiger partial charge in [0.05, 0.1) is 6.61 Å². The number of carbonyl (C=O) groups is 1. The van der Waals surface area contributed by atoms with Crippen LogP contribution in [-0.4, -0.2) is 30.5 Å². The number of likely N-dealkylation sites (tertiary alicyclic amines) is 1. The number of hydrogen-bond acceptors (Lipinski definition) is 3. The molecule has 128 valence electrons. The summed E-state index contributed by atoms with van der Waals surface area (Å²) in [7, 11) is 0. The number of piperidine rings is 1. The second kappa shape index (κ2) is 8.34. The van der Waals surface area contributed by atoms with Crippen molar-refractivity contribution in [1.29, 1.82) is 0 Å². The van der Waals surface area contributed by atoms with Crippen LogP contribution in [0.15, 0.2) is 41.8 Å². The molecule has 1 aromatic carbocycles. The van der Waals surface area contributed by atoms with E-state index in [-0.39, 0.29) is 0 Å². The highest BCUT2D eigenvalue weighted by molar-refractivity contribution is 7.09. The van der Waals surface area contributed by atoms with Gasteiger partial charge in [-0.2, -0.15) is 0 Å². The second-order valence-corrected chi connectivity index (χ2v) is 7.56. The fraction of sp³-hybridized carbons (Fsp3) is 0.450. The van der Waals surface area contributed by atoms with Gasteiger partial charge in [-0.3, -0.25) is 4.79 Å². The van der Waals surface area contributed by atoms with Crippen molar-refractivity contribution in [2.75, 3.05) is 19.7 Å². The van der Waals surface area contributed by atoms with E-state index in [2.05, 4.69) is 30.5 Å². The fourth-order valence-electron chi connectivity index (χ4n) is 3.11. The molecule has 1 saturated heterocycles. The summed E-state index contributed by atoms with van der Waals surface area (Å²) >= 11 is 1.73. The second-order valence-electron chi connectivity index (χ2n) is 6.53. The third kappa shape index (κ3) is 4.84. The highest BCUT2D eigenvalue weighted by atomic mass is 32.1. The van der Waals surface area contributed by atoms with Gasteiger partial charge in [-0.25, -0.2) is 0 Å². The first-order valence-corrected chi connectivity index (χ1v) is 9.58. The molecular formula is C20H25NO2S. The molecule has 1 fully saturated rings. The molecule has 0 aliphatic carbocycles. The minimum absolute atomic E-state index is 0.293. The third-order valence-corrected chi connectivity index (χ3v) is 5.54. The van der Waals surface area contributed by atoms with E-state index in [1.807, 2.05) is 23.1 Å². The third-order valence-electron chi connectivity index (χ3n) is 4.61. The van der Waals surface area contributed by atoms with Crippen molar-refractivity contribution in [3.05, 3.63) is 52.2 Å². The summed E-state index contributed by atoms with van der Waals surface area (Å²) in [5.74, 6) is 1.79. The van der Waals surface area contributed by atoms with E-state index >= 15 is 0 Å². The number of benzene rings is 1. The van der Waals surface area contributed by atoms with Crippen molar-refractivity contribution in [3.63, 3.8) is 0 Å². The van der Waals surface area contributed by atoms with Crippen LogP contribution < -0.4 is 4.74 Å². The molecule has 0 atom stereocenters. The molecule has 24 heavy (non-hydrogen) atoms. The van der Waals surface area contributed by atoms with Gasteiger partial charge < -0.3 is 9.64 Å². The van der Waals surface area contributed by atoms with E-state index in [4.69, 9.17) is 4.74 Å². The normalized spacial score (nSPS) is 15.5. The minimum atomic E-state index is 0.293. The summed E-state index contributed by atoms with van der Waals surface area (Å²) in [6.07, 6.45) is 3.57. The summed E-state index contributed by atoms with van der Waals surface area (Å²) < 4.78 is 5.92. The molecule has 3 nitrogen and oxygen atoms in total. The van der Waals surface area contributed by atoms with Crippen molar-refractivity contribution >= 4 is 17.2 Å². The van der Waals surface area contributed by atoms with Crippen LogP contribution in [0, 0.1) is 12.8 Å². The Balaban J connectivity index is 1.38. The highest BCUT2D eigenvalue weighted by Crippen LogP contribution is 2.21. The highest BCUT2D eigenvalue weighted by Gasteiger charge is 2.23. The van der Waals surface area contributed by atoms with Gasteiger partial charge in [-0.05, 0) is 61.2 Å². The SMILES string of the molecule is Cc1cccc(OCC2CCN(C(=O)CCc3cccs3)CC2)c1. The number of carbonyl (C=O) groups excluding carboxylic acids is 1. The van der Waals surface area contributed by atoms with Crippen molar-refractivity contribution in [2.24, 2.45) is 5.92 Å². The van der Waals surface area contributed by atoms with Crippen LogP contribution in [0.25, 0.3) is 0 Å². The first-order valence-electron chi connectivity index (χ1n) is 8.70. The zero-order chi connectivity index (χ0) is 16.8. The summed E-state index contributed by atoms with van der Waals surface area (Å²) in [6, 6.07) is 12.3. The summed E-state index contributed by atoms with van der Waals surface area (Å²) in [5.41, 5.74) is 1.22. The van der Waals surface area contributed by atoms with Gasteiger partial charge in [0.2, 0.25) is 5.91 Å². The molecule has 0 N–H and O–H groups in total. The average Bonchev–Trinajstić information content (AvgIpc) is 3.12. The van der Waals surface area contributed by atoms with Crippen LogP contribution in [-0.2, 0) is 11.2 Å². The molecule has 1 aliphatic heterocycles. The van der Waals surface area contributed by atoms with E-state index in [1.165, 1.54) is 10.4 Å². The number of hydrogen-bond donors (Lipinski definition) is 0. The maximum Gasteiger partial charge on any atom is 0.222 e. The Hall–Kier alpha value is -1.81. The van der Waals surface area contributed by atoms with Crippen molar-refractivity contribution in [2.45, 2.75) is 32.6 Å². The molecule has 2 aromatic rings. The predicted octanol–water partition coefficient (Wildman–Crippen LogP) is 4.31. The smallest absolute Gasteiger partial charge is 0.222 e. The van der Waals surface area contributed by atoms with Crippen LogP contribution in [0.4, 0.5) is 0 Å². The van der Waals surface area contributed by atoms with Gasteiger partial charge in [-0.15, -0.1) is 11.3 Å². The van der Waals surface area contributed by atoms with Crippen molar-refractivity contribution < 1.29 is 9.53 Å². The average molecular weight is 343 g/mol. The number of ether oxygens (including phenoxy) is 1. The standard InChI is InChI=1S/C20H25NO2S/c1-16-4-2-5-18(14-16)23-15-17-9-11-21(12-10-17)20(22)8-7-19-6-3-13-24-19/h2-6,13-14,17H,7-12,15H2,1H3. The minimum Gasteiger partial charge on any atom is -0.493 e. The van der Waals surface area contributed by atoms with Crippen LogP contribution >= 0.6 is 11.3 Å². The van der Waals surface area contributed by atoms with Crippen molar-refractivity contribution in [1.82, 2.24) is 4.90 Å². The maximum atomic E-state index is 12.3. The molecular weight excluding hydrogens is 318 g/mol. The molecule has 0 bridgehead atoms. The van der Waals surface area contributed by atoms with E-state index in [9.17, 15) is 4.79 Å². The zero-order valence-corrected chi connectivity index (χ0v) is 15.1. The lowest BCUT2D eigenvalue weighted by molar-refractivity contribution is -0.132. The molecule has 2 heterocycles. The Bertz CT molecular complexity index is 645. The number of rotatable bonds is 6. The summed E-state index contributed by atoms with van der Waals surface area (Å²) in [6.45, 7) is 4.56. The first-order chi connectivity index (χ1) is 11.7. The molecule has 3 rings (SSSR count). The number of nitrogens with zero attached hydrogens (tertiary/aromatic N) is 1. The maximum absolute atomic E-state index is 12.3. The fourth-order valence-corrected chi connectivity index (χ4v) is 3.82. The van der Waals surface area contributed by atoms with Crippen LogP contribution in [0.2, 0.25) is 0 Å². The molecule has 1 aromatic heterocycles. The molecule has 0 spiro atoms. The Kier molecular flexibility index (Phi) is 5.91.